The van der Waals surface area contributed by atoms with Gasteiger partial charge >= 0.3 is 0 Å². The van der Waals surface area contributed by atoms with Crippen LogP contribution >= 0.6 is 24.0 Å². The Labute approximate surface area is 111 Å². The lowest BCUT2D eigenvalue weighted by molar-refractivity contribution is 0.299. The second kappa shape index (κ2) is 9.17. The number of aromatic nitrogens is 2. The number of aromatic hydroxyl groups is 1. The van der Waals surface area contributed by atoms with Crippen LogP contribution in [-0.2, 0) is 6.42 Å². The molecule has 2 rings (SSSR count). The molecule has 5 heteroatoms. The van der Waals surface area contributed by atoms with Crippen LogP contribution in [0.25, 0.3) is 0 Å². The molecule has 0 saturated heterocycles. The van der Waals surface area contributed by atoms with Gasteiger partial charge in [-0.25, -0.2) is 4.98 Å². The monoisotopic (exact) mass is 334 g/mol. The van der Waals surface area contributed by atoms with Crippen molar-refractivity contribution in [2.45, 2.75) is 6.42 Å². The summed E-state index contributed by atoms with van der Waals surface area (Å²) >= 11 is 0. The van der Waals surface area contributed by atoms with Gasteiger partial charge in [0, 0.05) is 19.0 Å². The lowest BCUT2D eigenvalue weighted by atomic mass is 10.2. The van der Waals surface area contributed by atoms with Gasteiger partial charge in [0.1, 0.15) is 5.75 Å². The molecule has 0 unspecified atom stereocenters. The average Bonchev–Trinajstić information content (AvgIpc) is 2.80. The van der Waals surface area contributed by atoms with E-state index in [2.05, 4.69) is 9.97 Å². The highest BCUT2D eigenvalue weighted by molar-refractivity contribution is 14.0. The van der Waals surface area contributed by atoms with E-state index in [1.807, 2.05) is 0 Å². The van der Waals surface area contributed by atoms with E-state index in [4.69, 9.17) is 10.2 Å². The van der Waals surface area contributed by atoms with Gasteiger partial charge in [-0.1, -0.05) is 12.1 Å². The lowest BCUT2D eigenvalue weighted by Gasteiger charge is -1.96. The molecule has 0 spiro atoms. The summed E-state index contributed by atoms with van der Waals surface area (Å²) in [5.74, 6) is 0.265. The van der Waals surface area contributed by atoms with Crippen molar-refractivity contribution in [3.05, 3.63) is 48.5 Å². The molecule has 16 heavy (non-hydrogen) atoms. The predicted octanol–water partition coefficient (Wildman–Crippen LogP) is 1.95. The van der Waals surface area contributed by atoms with Gasteiger partial charge in [0.15, 0.2) is 0 Å². The quantitative estimate of drug-likeness (QED) is 0.736. The van der Waals surface area contributed by atoms with Gasteiger partial charge in [0.05, 0.1) is 6.33 Å². The van der Waals surface area contributed by atoms with Crippen molar-refractivity contribution in [1.82, 2.24) is 9.97 Å². The van der Waals surface area contributed by atoms with Gasteiger partial charge in [-0.05, 0) is 24.1 Å². The van der Waals surface area contributed by atoms with Gasteiger partial charge in [-0.3, -0.25) is 0 Å². The van der Waals surface area contributed by atoms with E-state index in [1.54, 1.807) is 43.0 Å². The molecule has 0 amide bonds. The number of phenolic OH excluding ortho intramolecular Hbond substituents is 1. The zero-order valence-corrected chi connectivity index (χ0v) is 11.0. The van der Waals surface area contributed by atoms with Crippen LogP contribution < -0.4 is 0 Å². The first-order valence-corrected chi connectivity index (χ1v) is 4.64. The summed E-state index contributed by atoms with van der Waals surface area (Å²) in [6, 6.07) is 6.83. The zero-order valence-electron chi connectivity index (χ0n) is 8.71. The van der Waals surface area contributed by atoms with E-state index in [0.29, 0.717) is 6.42 Å². The van der Waals surface area contributed by atoms with Crippen molar-refractivity contribution >= 4 is 24.0 Å². The molecule has 0 radical (unpaired) electrons. The van der Waals surface area contributed by atoms with Crippen molar-refractivity contribution in [1.29, 1.82) is 0 Å². The van der Waals surface area contributed by atoms with Crippen LogP contribution in [0.5, 0.6) is 5.75 Å². The molecule has 0 aliphatic rings. The topological polar surface area (TPSA) is 69.1 Å². The van der Waals surface area contributed by atoms with Gasteiger partial charge in [0.25, 0.3) is 0 Å². The van der Waals surface area contributed by atoms with Crippen LogP contribution in [0.4, 0.5) is 0 Å². The number of halogens is 1. The Morgan fingerprint density at radius 2 is 1.88 bits per heavy atom. The maximum Gasteiger partial charge on any atom is 0.115 e. The highest BCUT2D eigenvalue weighted by atomic mass is 127. The van der Waals surface area contributed by atoms with Gasteiger partial charge < -0.3 is 15.2 Å². The number of H-pyrrole nitrogens is 1. The van der Waals surface area contributed by atoms with Crippen LogP contribution in [0.1, 0.15) is 5.56 Å². The molecule has 4 nitrogen and oxygen atoms in total. The summed E-state index contributed by atoms with van der Waals surface area (Å²) in [6.45, 7) is 0.158. The summed E-state index contributed by atoms with van der Waals surface area (Å²) in [5.41, 5.74) is 1.04. The maximum atomic E-state index is 8.86. The first kappa shape index (κ1) is 14.9. The van der Waals surface area contributed by atoms with Crippen LogP contribution in [0, 0.1) is 0 Å². The number of hydrogen-bond acceptors (Lipinski definition) is 3. The average molecular weight is 334 g/mol. The third-order valence-corrected chi connectivity index (χ3v) is 1.74. The standard InChI is InChI=1S/C8H10O2.C3H4N2.HI/c9-6-5-7-1-3-8(10)4-2-7;1-2-5-3-4-1;/h1-4,9-10H,5-6H2;1-3H,(H,4,5);1H. The summed E-state index contributed by atoms with van der Waals surface area (Å²) in [6.07, 6.45) is 5.74. The SMILES string of the molecule is I.OCCc1ccc(O)cc1.c1c[nH]cn1. The van der Waals surface area contributed by atoms with Crippen molar-refractivity contribution in [3.8, 4) is 5.75 Å². The Morgan fingerprint density at radius 3 is 2.25 bits per heavy atom. The molecule has 0 aliphatic heterocycles. The van der Waals surface area contributed by atoms with Crippen molar-refractivity contribution in [3.63, 3.8) is 0 Å². The molecule has 0 atom stereocenters. The summed E-state index contributed by atoms with van der Waals surface area (Å²) < 4.78 is 0. The smallest absolute Gasteiger partial charge is 0.115 e. The molecule has 1 heterocycles. The fraction of sp³-hybridized carbons (Fsp3) is 0.182. The van der Waals surface area contributed by atoms with E-state index in [9.17, 15) is 0 Å². The van der Waals surface area contributed by atoms with E-state index in [1.165, 1.54) is 0 Å². The molecule has 2 aromatic rings. The van der Waals surface area contributed by atoms with Gasteiger partial charge in [0.2, 0.25) is 0 Å². The minimum atomic E-state index is 0. The number of rotatable bonds is 2. The maximum absolute atomic E-state index is 8.86. The van der Waals surface area contributed by atoms with Crippen LogP contribution in [0.2, 0.25) is 0 Å². The van der Waals surface area contributed by atoms with Gasteiger partial charge in [-0.15, -0.1) is 24.0 Å². The Bertz CT molecular complexity index is 331. The molecule has 0 fully saturated rings. The van der Waals surface area contributed by atoms with Crippen LogP contribution in [0.15, 0.2) is 43.0 Å². The van der Waals surface area contributed by atoms with Crippen molar-refractivity contribution < 1.29 is 10.2 Å². The number of aliphatic hydroxyl groups excluding tert-OH is 1. The minimum absolute atomic E-state index is 0. The number of aromatic amines is 1. The second-order valence-corrected chi connectivity index (χ2v) is 2.90. The summed E-state index contributed by atoms with van der Waals surface area (Å²) in [7, 11) is 0. The second-order valence-electron chi connectivity index (χ2n) is 2.90. The van der Waals surface area contributed by atoms with Gasteiger partial charge in [-0.2, -0.15) is 0 Å². The lowest BCUT2D eigenvalue weighted by Crippen LogP contribution is -1.88. The molecule has 1 aromatic carbocycles. The fourth-order valence-electron chi connectivity index (χ4n) is 1.01. The Morgan fingerprint density at radius 1 is 1.19 bits per heavy atom. The largest absolute Gasteiger partial charge is 0.508 e. The minimum Gasteiger partial charge on any atom is -0.508 e. The molecule has 3 N–H and O–H groups in total. The van der Waals surface area contributed by atoms with E-state index >= 15 is 0 Å². The summed E-state index contributed by atoms with van der Waals surface area (Å²) in [5, 5.41) is 17.4. The molecule has 0 aliphatic carbocycles. The highest BCUT2D eigenvalue weighted by Gasteiger charge is 1.90. The van der Waals surface area contributed by atoms with E-state index in [0.717, 1.165) is 5.56 Å². The number of phenols is 1. The van der Waals surface area contributed by atoms with Crippen molar-refractivity contribution in [2.75, 3.05) is 6.61 Å². The number of nitrogens with zero attached hydrogens (tertiary/aromatic N) is 1. The Kier molecular flexibility index (Phi) is 8.55. The van der Waals surface area contributed by atoms with Crippen molar-refractivity contribution in [2.24, 2.45) is 0 Å². The van der Waals surface area contributed by atoms with E-state index in [-0.39, 0.29) is 36.3 Å². The fourth-order valence-corrected chi connectivity index (χ4v) is 1.01. The number of benzene rings is 1. The zero-order chi connectivity index (χ0) is 10.9. The number of imidazole rings is 1. The predicted molar refractivity (Wildman–Crippen MR) is 72.9 cm³/mol. The van der Waals surface area contributed by atoms with Crippen LogP contribution in [-0.4, -0.2) is 26.8 Å². The first-order valence-electron chi connectivity index (χ1n) is 4.64. The number of nitrogens with one attached hydrogen (secondary N) is 1. The third kappa shape index (κ3) is 6.41. The third-order valence-electron chi connectivity index (χ3n) is 1.74. The first-order chi connectivity index (χ1) is 7.33. The molecule has 0 saturated carbocycles. The Hall–Kier alpha value is -1.08. The molecular weight excluding hydrogens is 319 g/mol. The molecule has 0 bridgehead atoms. The van der Waals surface area contributed by atoms with E-state index < -0.39 is 0 Å². The number of hydrogen-bond donors (Lipinski definition) is 3. The normalized spacial score (nSPS) is 8.56. The molecule has 1 aromatic heterocycles. The highest BCUT2D eigenvalue weighted by Crippen LogP contribution is 2.09. The number of aliphatic hydroxyl groups is 1. The Balaban J connectivity index is 0.000000318. The molecular formula is C11H15IN2O2. The van der Waals surface area contributed by atoms with Crippen LogP contribution in [0.3, 0.4) is 0 Å². The summed E-state index contributed by atoms with van der Waals surface area (Å²) in [4.78, 5) is 6.42. The molecule has 88 valence electrons.